The summed E-state index contributed by atoms with van der Waals surface area (Å²) in [6.45, 7) is 2.11. The van der Waals surface area contributed by atoms with E-state index in [0.29, 0.717) is 0 Å². The largest absolute Gasteiger partial charge is 0.357 e. The lowest BCUT2D eigenvalue weighted by Gasteiger charge is -1.89. The van der Waals surface area contributed by atoms with Crippen LogP contribution in [0, 0.1) is 0 Å². The maximum Gasteiger partial charge on any atom is 0.357 e. The summed E-state index contributed by atoms with van der Waals surface area (Å²) in [6, 6.07) is 1.50. The van der Waals surface area contributed by atoms with Crippen molar-refractivity contribution >= 4 is 0 Å². The molecule has 0 unspecified atom stereocenters. The smallest absolute Gasteiger partial charge is 0.339 e. The van der Waals surface area contributed by atoms with E-state index in [4.69, 9.17) is 0 Å². The summed E-state index contributed by atoms with van der Waals surface area (Å²) in [6.07, 6.45) is 3.13. The van der Waals surface area contributed by atoms with Crippen molar-refractivity contribution in [3.63, 3.8) is 0 Å². The van der Waals surface area contributed by atoms with Gasteiger partial charge in [0.2, 0.25) is 0 Å². The third-order valence-corrected chi connectivity index (χ3v) is 1.37. The minimum absolute atomic E-state index is 0.286. The summed E-state index contributed by atoms with van der Waals surface area (Å²) >= 11 is 0. The molecule has 3 heteroatoms. The van der Waals surface area contributed by atoms with Gasteiger partial charge in [-0.3, -0.25) is 0 Å². The molecule has 0 amide bonds. The van der Waals surface area contributed by atoms with Crippen LogP contribution in [0.2, 0.25) is 0 Å². The fourth-order valence-electron chi connectivity index (χ4n) is 0.807. The van der Waals surface area contributed by atoms with Crippen LogP contribution < -0.4 is 5.63 Å². The second-order valence-electron chi connectivity index (χ2n) is 2.30. The number of hydrogen-bond acceptors (Lipinski definition) is 2. The van der Waals surface area contributed by atoms with Crippen LogP contribution >= 0.6 is 0 Å². The van der Waals surface area contributed by atoms with Crippen molar-refractivity contribution in [1.82, 2.24) is 5.16 Å². The Morgan fingerprint density at radius 2 is 2.50 bits per heavy atom. The molecule has 1 aromatic heterocycles. The van der Waals surface area contributed by atoms with Gasteiger partial charge < -0.3 is 4.52 Å². The van der Waals surface area contributed by atoms with Crippen LogP contribution in [0.1, 0.15) is 25.5 Å². The van der Waals surface area contributed by atoms with Gasteiger partial charge in [-0.2, -0.15) is 0 Å². The first-order chi connectivity index (χ1) is 4.83. The lowest BCUT2D eigenvalue weighted by Crippen LogP contribution is -1.87. The maximum absolute atomic E-state index is 10.5. The lowest BCUT2D eigenvalue weighted by atomic mass is 10.2. The molecule has 0 bridgehead atoms. The van der Waals surface area contributed by atoms with Gasteiger partial charge in [0, 0.05) is 6.07 Å². The van der Waals surface area contributed by atoms with Crippen molar-refractivity contribution in [2.24, 2.45) is 0 Å². The van der Waals surface area contributed by atoms with Crippen LogP contribution in [-0.2, 0) is 6.42 Å². The Hall–Kier alpha value is -0.990. The highest BCUT2D eigenvalue weighted by atomic mass is 16.5. The maximum atomic E-state index is 10.5. The van der Waals surface area contributed by atoms with Gasteiger partial charge in [0.05, 0.1) is 5.69 Å². The second-order valence-corrected chi connectivity index (χ2v) is 2.30. The molecule has 1 heterocycles. The molecular formula is C7H11NO2. The molecule has 0 aliphatic rings. The molecule has 0 saturated carbocycles. The molecule has 3 nitrogen and oxygen atoms in total. The van der Waals surface area contributed by atoms with Crippen LogP contribution in [0.3, 0.4) is 0 Å². The molecule has 0 fully saturated rings. The summed E-state index contributed by atoms with van der Waals surface area (Å²) in [5.41, 5.74) is 0.609. The average molecular weight is 141 g/mol. The SMILES string of the molecule is CCCCc1cc(=O)o[nH]1. The zero-order chi connectivity index (χ0) is 7.40. The van der Waals surface area contributed by atoms with E-state index >= 15 is 0 Å². The van der Waals surface area contributed by atoms with Crippen molar-refractivity contribution < 1.29 is 4.52 Å². The van der Waals surface area contributed by atoms with Crippen molar-refractivity contribution in [2.75, 3.05) is 0 Å². The van der Waals surface area contributed by atoms with Gasteiger partial charge in [-0.15, -0.1) is 0 Å². The highest BCUT2D eigenvalue weighted by Crippen LogP contribution is 1.97. The molecule has 1 rings (SSSR count). The molecular weight excluding hydrogens is 130 g/mol. The Bertz CT molecular complexity index is 236. The first-order valence-electron chi connectivity index (χ1n) is 3.50. The van der Waals surface area contributed by atoms with E-state index in [2.05, 4.69) is 16.6 Å². The Kier molecular flexibility index (Phi) is 2.31. The number of rotatable bonds is 3. The molecule has 1 N–H and O–H groups in total. The van der Waals surface area contributed by atoms with E-state index in [-0.39, 0.29) is 5.63 Å². The highest BCUT2D eigenvalue weighted by Gasteiger charge is 1.95. The highest BCUT2D eigenvalue weighted by molar-refractivity contribution is 4.95. The van der Waals surface area contributed by atoms with Gasteiger partial charge in [0.15, 0.2) is 0 Å². The number of hydrogen-bond donors (Lipinski definition) is 1. The summed E-state index contributed by atoms with van der Waals surface area (Å²) in [7, 11) is 0. The molecule has 1 aromatic rings. The van der Waals surface area contributed by atoms with Crippen LogP contribution in [0.15, 0.2) is 15.4 Å². The predicted octanol–water partition coefficient (Wildman–Crippen LogP) is 1.31. The number of nitrogens with one attached hydrogen (secondary N) is 1. The average Bonchev–Trinajstić information content (AvgIpc) is 2.31. The lowest BCUT2D eigenvalue weighted by molar-refractivity contribution is 0.384. The summed E-state index contributed by atoms with van der Waals surface area (Å²) in [4.78, 5) is 10.5. The van der Waals surface area contributed by atoms with E-state index in [1.807, 2.05) is 0 Å². The Labute approximate surface area is 59.0 Å². The monoisotopic (exact) mass is 141 g/mol. The standard InChI is InChI=1S/C7H11NO2/c1-2-3-4-6-5-7(9)10-8-6/h5,8H,2-4H2,1H3. The van der Waals surface area contributed by atoms with Crippen LogP contribution in [0.25, 0.3) is 0 Å². The minimum Gasteiger partial charge on any atom is -0.339 e. The fourth-order valence-corrected chi connectivity index (χ4v) is 0.807. The normalized spacial score (nSPS) is 10.1. The van der Waals surface area contributed by atoms with Crippen molar-refractivity contribution in [1.29, 1.82) is 0 Å². The quantitative estimate of drug-likeness (QED) is 0.689. The topological polar surface area (TPSA) is 46.0 Å². The Balaban J connectivity index is 2.50. The summed E-state index contributed by atoms with van der Waals surface area (Å²) in [5, 5.41) is 2.55. The number of aromatic nitrogens is 1. The third kappa shape index (κ3) is 1.76. The molecule has 56 valence electrons. The molecule has 0 atom stereocenters. The predicted molar refractivity (Wildman–Crippen MR) is 37.9 cm³/mol. The first-order valence-corrected chi connectivity index (χ1v) is 3.50. The molecule has 0 aliphatic heterocycles. The van der Waals surface area contributed by atoms with Gasteiger partial charge in [-0.25, -0.2) is 9.95 Å². The van der Waals surface area contributed by atoms with Gasteiger partial charge in [0.25, 0.3) is 0 Å². The zero-order valence-corrected chi connectivity index (χ0v) is 6.02. The third-order valence-electron chi connectivity index (χ3n) is 1.37. The summed E-state index contributed by atoms with van der Waals surface area (Å²) < 4.78 is 4.48. The zero-order valence-electron chi connectivity index (χ0n) is 6.02. The Morgan fingerprint density at radius 3 is 3.00 bits per heavy atom. The molecule has 0 spiro atoms. The van der Waals surface area contributed by atoms with Crippen molar-refractivity contribution in [2.45, 2.75) is 26.2 Å². The first kappa shape index (κ1) is 7.12. The molecule has 0 radical (unpaired) electrons. The van der Waals surface area contributed by atoms with Gasteiger partial charge in [-0.05, 0) is 12.8 Å². The van der Waals surface area contributed by atoms with Crippen molar-refractivity contribution in [3.8, 4) is 0 Å². The number of aromatic amines is 1. The second kappa shape index (κ2) is 3.25. The van der Waals surface area contributed by atoms with Gasteiger partial charge in [-0.1, -0.05) is 13.3 Å². The number of unbranched alkanes of at least 4 members (excludes halogenated alkanes) is 1. The number of H-pyrrole nitrogens is 1. The van der Waals surface area contributed by atoms with E-state index in [0.717, 1.165) is 25.0 Å². The number of aryl methyl sites for hydroxylation is 1. The van der Waals surface area contributed by atoms with Gasteiger partial charge >= 0.3 is 5.63 Å². The fraction of sp³-hybridized carbons (Fsp3) is 0.571. The van der Waals surface area contributed by atoms with E-state index < -0.39 is 0 Å². The van der Waals surface area contributed by atoms with Crippen molar-refractivity contribution in [3.05, 3.63) is 22.2 Å². The molecule has 10 heavy (non-hydrogen) atoms. The minimum atomic E-state index is -0.286. The van der Waals surface area contributed by atoms with Crippen LogP contribution in [-0.4, -0.2) is 5.16 Å². The van der Waals surface area contributed by atoms with E-state index in [1.165, 1.54) is 6.07 Å². The molecule has 0 aromatic carbocycles. The van der Waals surface area contributed by atoms with E-state index in [1.54, 1.807) is 0 Å². The Morgan fingerprint density at radius 1 is 1.70 bits per heavy atom. The summed E-state index contributed by atoms with van der Waals surface area (Å²) in [5.74, 6) is 0. The van der Waals surface area contributed by atoms with Crippen LogP contribution in [0.5, 0.6) is 0 Å². The van der Waals surface area contributed by atoms with Gasteiger partial charge in [0.1, 0.15) is 0 Å². The molecule has 0 saturated heterocycles. The van der Waals surface area contributed by atoms with Crippen LogP contribution in [0.4, 0.5) is 0 Å². The molecule has 0 aliphatic carbocycles. The van der Waals surface area contributed by atoms with E-state index in [9.17, 15) is 4.79 Å².